The molecule has 2 aromatic rings. The minimum Gasteiger partial charge on any atom is -0.444 e. The second-order valence-electron chi connectivity index (χ2n) is 5.47. The van der Waals surface area contributed by atoms with Crippen molar-refractivity contribution >= 4 is 23.2 Å². The third-order valence-corrected chi connectivity index (χ3v) is 3.39. The lowest BCUT2D eigenvalue weighted by Gasteiger charge is -2.19. The third kappa shape index (κ3) is 4.30. The molecule has 6 nitrogen and oxygen atoms in total. The molecule has 0 atom stereocenters. The van der Waals surface area contributed by atoms with Crippen LogP contribution in [-0.4, -0.2) is 33.2 Å². The van der Waals surface area contributed by atoms with Crippen LogP contribution in [-0.2, 0) is 11.3 Å². The molecule has 0 saturated carbocycles. The lowest BCUT2D eigenvalue weighted by atomic mass is 10.2. The number of hydrogen-bond donors (Lipinski definition) is 2. The van der Waals surface area contributed by atoms with Gasteiger partial charge in [0.2, 0.25) is 0 Å². The van der Waals surface area contributed by atoms with E-state index in [0.717, 1.165) is 10.6 Å². The van der Waals surface area contributed by atoms with Crippen LogP contribution in [0.5, 0.6) is 0 Å². The number of ether oxygens (including phenoxy) is 1. The normalized spacial score (nSPS) is 11.4. The van der Waals surface area contributed by atoms with Gasteiger partial charge in [-0.2, -0.15) is 5.10 Å². The number of nitrogens with one attached hydrogen (secondary N) is 1. The Hall–Kier alpha value is -1.86. The molecule has 0 aliphatic heterocycles. The van der Waals surface area contributed by atoms with Gasteiger partial charge in [0, 0.05) is 6.07 Å². The molecule has 2 aromatic heterocycles. The summed E-state index contributed by atoms with van der Waals surface area (Å²) in [5.74, 6) is 0.502. The van der Waals surface area contributed by atoms with Crippen LogP contribution in [0, 0.1) is 0 Å². The Kier molecular flexibility index (Phi) is 4.64. The second kappa shape index (κ2) is 6.28. The van der Waals surface area contributed by atoms with Crippen molar-refractivity contribution in [3.8, 4) is 10.6 Å². The van der Waals surface area contributed by atoms with Crippen LogP contribution >= 0.6 is 11.3 Å². The summed E-state index contributed by atoms with van der Waals surface area (Å²) in [6.45, 7) is 5.64. The number of aliphatic hydroxyl groups is 1. The third-order valence-electron chi connectivity index (χ3n) is 2.49. The first-order chi connectivity index (χ1) is 9.89. The highest BCUT2D eigenvalue weighted by molar-refractivity contribution is 7.13. The molecule has 0 aromatic carbocycles. The first-order valence-corrected chi connectivity index (χ1v) is 7.49. The molecule has 0 unspecified atom stereocenters. The summed E-state index contributed by atoms with van der Waals surface area (Å²) in [6.07, 6.45) is -0.542. The number of rotatable bonds is 4. The summed E-state index contributed by atoms with van der Waals surface area (Å²) < 4.78 is 6.78. The number of amides is 1. The van der Waals surface area contributed by atoms with Gasteiger partial charge in [-0.3, -0.25) is 5.32 Å². The molecule has 21 heavy (non-hydrogen) atoms. The van der Waals surface area contributed by atoms with E-state index in [0.29, 0.717) is 12.4 Å². The van der Waals surface area contributed by atoms with E-state index in [-0.39, 0.29) is 6.61 Å². The zero-order chi connectivity index (χ0) is 15.5. The number of carbonyl (C=O) groups is 1. The minimum absolute atomic E-state index is 0.0610. The van der Waals surface area contributed by atoms with E-state index in [9.17, 15) is 4.79 Å². The predicted octanol–water partition coefficient (Wildman–Crippen LogP) is 2.95. The molecule has 0 fully saturated rings. The van der Waals surface area contributed by atoms with Gasteiger partial charge in [-0.25, -0.2) is 9.48 Å². The van der Waals surface area contributed by atoms with Crippen molar-refractivity contribution in [3.05, 3.63) is 23.6 Å². The van der Waals surface area contributed by atoms with E-state index in [2.05, 4.69) is 10.4 Å². The zero-order valence-corrected chi connectivity index (χ0v) is 13.1. The molecule has 0 bridgehead atoms. The maximum absolute atomic E-state index is 11.8. The van der Waals surface area contributed by atoms with E-state index in [1.54, 1.807) is 42.9 Å². The number of aliphatic hydroxyl groups excluding tert-OH is 1. The Bertz CT molecular complexity index is 600. The molecule has 7 heteroatoms. The quantitative estimate of drug-likeness (QED) is 0.910. The van der Waals surface area contributed by atoms with E-state index in [1.807, 2.05) is 17.5 Å². The first kappa shape index (κ1) is 15.5. The topological polar surface area (TPSA) is 76.4 Å². The van der Waals surface area contributed by atoms with Gasteiger partial charge < -0.3 is 9.84 Å². The number of thiophene rings is 1. The summed E-state index contributed by atoms with van der Waals surface area (Å²) in [4.78, 5) is 12.8. The van der Waals surface area contributed by atoms with Crippen molar-refractivity contribution in [2.45, 2.75) is 32.9 Å². The highest BCUT2D eigenvalue weighted by atomic mass is 32.1. The van der Waals surface area contributed by atoms with Gasteiger partial charge in [0.15, 0.2) is 0 Å². The summed E-state index contributed by atoms with van der Waals surface area (Å²) in [6, 6.07) is 5.66. The minimum atomic E-state index is -0.567. The van der Waals surface area contributed by atoms with Gasteiger partial charge in [0.25, 0.3) is 0 Å². The molecule has 2 rings (SSSR count). The van der Waals surface area contributed by atoms with Crippen molar-refractivity contribution in [3.63, 3.8) is 0 Å². The number of hydrogen-bond acceptors (Lipinski definition) is 5. The maximum Gasteiger partial charge on any atom is 0.413 e. The SMILES string of the molecule is CC(C)(C)OC(=O)Nc1cc(-c2cccs2)nn1CCO. The molecule has 0 radical (unpaired) electrons. The molecule has 114 valence electrons. The number of carbonyl (C=O) groups excluding carboxylic acids is 1. The lowest BCUT2D eigenvalue weighted by Crippen LogP contribution is -2.28. The monoisotopic (exact) mass is 309 g/mol. The van der Waals surface area contributed by atoms with Gasteiger partial charge in [0.05, 0.1) is 18.0 Å². The van der Waals surface area contributed by atoms with Crippen LogP contribution in [0.15, 0.2) is 23.6 Å². The van der Waals surface area contributed by atoms with Crippen molar-refractivity contribution in [1.29, 1.82) is 0 Å². The van der Waals surface area contributed by atoms with Gasteiger partial charge in [-0.05, 0) is 32.2 Å². The summed E-state index contributed by atoms with van der Waals surface area (Å²) in [7, 11) is 0. The van der Waals surface area contributed by atoms with Gasteiger partial charge in [0.1, 0.15) is 17.1 Å². The van der Waals surface area contributed by atoms with E-state index in [1.165, 1.54) is 0 Å². The highest BCUT2D eigenvalue weighted by Gasteiger charge is 2.18. The summed E-state index contributed by atoms with van der Waals surface area (Å²) >= 11 is 1.56. The zero-order valence-electron chi connectivity index (χ0n) is 12.3. The van der Waals surface area contributed by atoms with Crippen molar-refractivity contribution in [2.75, 3.05) is 11.9 Å². The Labute approximate surface area is 127 Å². The van der Waals surface area contributed by atoms with Crippen molar-refractivity contribution < 1.29 is 14.6 Å². The fourth-order valence-corrected chi connectivity index (χ4v) is 2.42. The van der Waals surface area contributed by atoms with Crippen LogP contribution in [0.2, 0.25) is 0 Å². The van der Waals surface area contributed by atoms with Gasteiger partial charge >= 0.3 is 6.09 Å². The van der Waals surface area contributed by atoms with Crippen LogP contribution < -0.4 is 5.32 Å². The van der Waals surface area contributed by atoms with E-state index >= 15 is 0 Å². The van der Waals surface area contributed by atoms with Crippen LogP contribution in [0.25, 0.3) is 10.6 Å². The predicted molar refractivity (Wildman–Crippen MR) is 82.5 cm³/mol. The van der Waals surface area contributed by atoms with E-state index < -0.39 is 11.7 Å². The maximum atomic E-state index is 11.8. The standard InChI is InChI=1S/C14H19N3O3S/c1-14(2,3)20-13(19)15-12-9-10(11-5-4-8-21-11)16-17(12)6-7-18/h4-5,8-9,18H,6-7H2,1-3H3,(H,15,19). The fraction of sp³-hybridized carbons (Fsp3) is 0.429. The lowest BCUT2D eigenvalue weighted by molar-refractivity contribution is 0.0634. The van der Waals surface area contributed by atoms with E-state index in [4.69, 9.17) is 9.84 Å². The number of nitrogens with zero attached hydrogens (tertiary/aromatic N) is 2. The number of aromatic nitrogens is 2. The highest BCUT2D eigenvalue weighted by Crippen LogP contribution is 2.26. The van der Waals surface area contributed by atoms with Gasteiger partial charge in [-0.15, -0.1) is 11.3 Å². The molecule has 0 aliphatic carbocycles. The molecule has 0 saturated heterocycles. The smallest absolute Gasteiger partial charge is 0.413 e. The summed E-state index contributed by atoms with van der Waals surface area (Å²) in [5, 5.41) is 18.1. The Morgan fingerprint density at radius 2 is 2.29 bits per heavy atom. The second-order valence-corrected chi connectivity index (χ2v) is 6.41. The van der Waals surface area contributed by atoms with Crippen LogP contribution in [0.4, 0.5) is 10.6 Å². The van der Waals surface area contributed by atoms with Crippen LogP contribution in [0.3, 0.4) is 0 Å². The summed E-state index contributed by atoms with van der Waals surface area (Å²) in [5.41, 5.74) is 0.187. The Morgan fingerprint density at radius 1 is 1.52 bits per heavy atom. The largest absolute Gasteiger partial charge is 0.444 e. The Balaban J connectivity index is 2.19. The van der Waals surface area contributed by atoms with Crippen molar-refractivity contribution in [2.24, 2.45) is 0 Å². The van der Waals surface area contributed by atoms with Crippen LogP contribution in [0.1, 0.15) is 20.8 Å². The fourth-order valence-electron chi connectivity index (χ4n) is 1.74. The Morgan fingerprint density at radius 3 is 2.86 bits per heavy atom. The number of anilines is 1. The molecule has 0 spiro atoms. The van der Waals surface area contributed by atoms with Crippen molar-refractivity contribution in [1.82, 2.24) is 9.78 Å². The molecule has 2 N–H and O–H groups in total. The molecular formula is C14H19N3O3S. The molecule has 1 amide bonds. The van der Waals surface area contributed by atoms with Gasteiger partial charge in [-0.1, -0.05) is 6.07 Å². The molecular weight excluding hydrogens is 290 g/mol. The average molecular weight is 309 g/mol. The molecule has 0 aliphatic rings. The first-order valence-electron chi connectivity index (χ1n) is 6.61. The average Bonchev–Trinajstić information content (AvgIpc) is 2.97. The molecule has 2 heterocycles.